The van der Waals surface area contributed by atoms with Crippen molar-refractivity contribution in [1.82, 2.24) is 4.90 Å². The van der Waals surface area contributed by atoms with E-state index in [0.717, 1.165) is 13.1 Å². The summed E-state index contributed by atoms with van der Waals surface area (Å²) in [6, 6.07) is 9.55. The maximum atomic E-state index is 8.97. The van der Waals surface area contributed by atoms with Gasteiger partial charge in [-0.2, -0.15) is 5.26 Å². The van der Waals surface area contributed by atoms with Gasteiger partial charge in [-0.3, -0.25) is 4.90 Å². The monoisotopic (exact) mass is 244 g/mol. The summed E-state index contributed by atoms with van der Waals surface area (Å²) in [6.07, 6.45) is 2.52. The van der Waals surface area contributed by atoms with E-state index in [4.69, 9.17) is 10.00 Å². The zero-order chi connectivity index (χ0) is 13.0. The van der Waals surface area contributed by atoms with Crippen LogP contribution in [0.15, 0.2) is 24.3 Å². The minimum absolute atomic E-state index is 0.290. The third-order valence-corrected chi connectivity index (χ3v) is 3.70. The maximum absolute atomic E-state index is 8.97. The predicted octanol–water partition coefficient (Wildman–Crippen LogP) is 2.81. The van der Waals surface area contributed by atoms with Crippen LogP contribution in [0.2, 0.25) is 0 Å². The molecule has 1 fully saturated rings. The summed E-state index contributed by atoms with van der Waals surface area (Å²) in [6.45, 7) is 7.28. The zero-order valence-electron chi connectivity index (χ0n) is 11.1. The van der Waals surface area contributed by atoms with E-state index in [2.05, 4.69) is 24.8 Å². The Kier molecular flexibility index (Phi) is 3.88. The van der Waals surface area contributed by atoms with E-state index in [9.17, 15) is 0 Å². The Balaban J connectivity index is 1.87. The summed E-state index contributed by atoms with van der Waals surface area (Å²) in [5, 5.41) is 8.97. The molecule has 0 aromatic heterocycles. The van der Waals surface area contributed by atoms with Gasteiger partial charge in [0.25, 0.3) is 0 Å². The third-order valence-electron chi connectivity index (χ3n) is 3.70. The van der Waals surface area contributed by atoms with Crippen molar-refractivity contribution in [2.24, 2.45) is 0 Å². The van der Waals surface area contributed by atoms with Crippen LogP contribution in [0.5, 0.6) is 5.75 Å². The molecule has 1 aliphatic rings. The summed E-state index contributed by atoms with van der Waals surface area (Å²) in [5.74, 6) is 0.692. The highest BCUT2D eigenvalue weighted by Gasteiger charge is 2.31. The molecule has 0 bridgehead atoms. The number of ether oxygens (including phenoxy) is 1. The van der Waals surface area contributed by atoms with Gasteiger partial charge < -0.3 is 4.74 Å². The molecule has 1 aliphatic heterocycles. The quantitative estimate of drug-likeness (QED) is 0.817. The van der Waals surface area contributed by atoms with E-state index < -0.39 is 0 Å². The molecule has 1 aromatic rings. The fourth-order valence-corrected chi connectivity index (χ4v) is 2.53. The van der Waals surface area contributed by atoms with Crippen molar-refractivity contribution in [2.45, 2.75) is 32.2 Å². The predicted molar refractivity (Wildman–Crippen MR) is 71.5 cm³/mol. The Labute approximate surface area is 109 Å². The Morgan fingerprint density at radius 3 is 2.83 bits per heavy atom. The van der Waals surface area contributed by atoms with Crippen molar-refractivity contribution in [2.75, 3.05) is 19.7 Å². The highest BCUT2D eigenvalue weighted by atomic mass is 16.5. The molecule has 18 heavy (non-hydrogen) atoms. The molecule has 96 valence electrons. The number of likely N-dealkylation sites (tertiary alicyclic amines) is 1. The van der Waals surface area contributed by atoms with Gasteiger partial charge >= 0.3 is 0 Å². The lowest BCUT2D eigenvalue weighted by Gasteiger charge is -2.31. The molecule has 0 amide bonds. The van der Waals surface area contributed by atoms with Crippen LogP contribution in [0.1, 0.15) is 32.3 Å². The van der Waals surface area contributed by atoms with Crippen LogP contribution in [-0.2, 0) is 0 Å². The summed E-state index contributed by atoms with van der Waals surface area (Å²) in [5.41, 5.74) is 0.899. The largest absolute Gasteiger partial charge is 0.491 e. The lowest BCUT2D eigenvalue weighted by atomic mass is 10.0. The standard InChI is InChI=1S/C15H20N2O/c1-15(2)8-5-9-17(15)10-11-18-14-7-4-3-6-13(14)12-16/h3-4,6-7H,5,8-11H2,1-2H3. The number of para-hydroxylation sites is 1. The topological polar surface area (TPSA) is 36.3 Å². The Morgan fingerprint density at radius 1 is 1.39 bits per heavy atom. The van der Waals surface area contributed by atoms with Crippen molar-refractivity contribution in [3.05, 3.63) is 29.8 Å². The molecular formula is C15H20N2O. The SMILES string of the molecule is CC1(C)CCCN1CCOc1ccccc1C#N. The lowest BCUT2D eigenvalue weighted by molar-refractivity contribution is 0.143. The smallest absolute Gasteiger partial charge is 0.137 e. The molecule has 1 heterocycles. The molecule has 0 saturated carbocycles. The molecule has 0 aliphatic carbocycles. The molecule has 2 rings (SSSR count). The van der Waals surface area contributed by atoms with Crippen molar-refractivity contribution in [1.29, 1.82) is 5.26 Å². The normalized spacial score (nSPS) is 18.5. The van der Waals surface area contributed by atoms with Crippen molar-refractivity contribution >= 4 is 0 Å². The number of nitriles is 1. The molecule has 0 atom stereocenters. The van der Waals surface area contributed by atoms with Gasteiger partial charge in [0.1, 0.15) is 18.4 Å². The zero-order valence-corrected chi connectivity index (χ0v) is 11.1. The first-order valence-electron chi connectivity index (χ1n) is 6.50. The van der Waals surface area contributed by atoms with E-state index in [1.165, 1.54) is 12.8 Å². The van der Waals surface area contributed by atoms with Gasteiger partial charge in [0.05, 0.1) is 5.56 Å². The summed E-state index contributed by atoms with van der Waals surface area (Å²) in [4.78, 5) is 2.46. The van der Waals surface area contributed by atoms with Crippen LogP contribution < -0.4 is 4.74 Å². The second-order valence-corrected chi connectivity index (χ2v) is 5.36. The van der Waals surface area contributed by atoms with E-state index in [0.29, 0.717) is 17.9 Å². The van der Waals surface area contributed by atoms with E-state index in [-0.39, 0.29) is 5.54 Å². The number of hydrogen-bond acceptors (Lipinski definition) is 3. The van der Waals surface area contributed by atoms with E-state index in [1.807, 2.05) is 18.2 Å². The van der Waals surface area contributed by atoms with Gasteiger partial charge in [-0.1, -0.05) is 12.1 Å². The summed E-state index contributed by atoms with van der Waals surface area (Å²) >= 11 is 0. The van der Waals surface area contributed by atoms with Crippen LogP contribution in [0.3, 0.4) is 0 Å². The molecule has 0 radical (unpaired) electrons. The number of benzene rings is 1. The van der Waals surface area contributed by atoms with E-state index >= 15 is 0 Å². The fourth-order valence-electron chi connectivity index (χ4n) is 2.53. The first-order chi connectivity index (χ1) is 8.63. The minimum atomic E-state index is 0.290. The third kappa shape index (κ3) is 2.83. The van der Waals surface area contributed by atoms with Crippen molar-refractivity contribution in [3.63, 3.8) is 0 Å². The second kappa shape index (κ2) is 5.41. The molecular weight excluding hydrogens is 224 g/mol. The van der Waals surface area contributed by atoms with Crippen LogP contribution in [-0.4, -0.2) is 30.1 Å². The molecule has 3 heteroatoms. The maximum Gasteiger partial charge on any atom is 0.137 e. The van der Waals surface area contributed by atoms with Gasteiger partial charge in [0.2, 0.25) is 0 Å². The Bertz CT molecular complexity index is 448. The highest BCUT2D eigenvalue weighted by Crippen LogP contribution is 2.27. The molecule has 1 saturated heterocycles. The van der Waals surface area contributed by atoms with Crippen LogP contribution in [0, 0.1) is 11.3 Å². The first kappa shape index (κ1) is 12.9. The summed E-state index contributed by atoms with van der Waals surface area (Å²) in [7, 11) is 0. The van der Waals surface area contributed by atoms with E-state index in [1.54, 1.807) is 6.07 Å². The Hall–Kier alpha value is -1.53. The average Bonchev–Trinajstić information content (AvgIpc) is 2.69. The van der Waals surface area contributed by atoms with Gasteiger partial charge in [-0.25, -0.2) is 0 Å². The number of nitrogens with zero attached hydrogens (tertiary/aromatic N) is 2. The van der Waals surface area contributed by atoms with Crippen molar-refractivity contribution in [3.8, 4) is 11.8 Å². The minimum Gasteiger partial charge on any atom is -0.491 e. The molecule has 0 unspecified atom stereocenters. The van der Waals surface area contributed by atoms with Crippen LogP contribution in [0.4, 0.5) is 0 Å². The van der Waals surface area contributed by atoms with Gasteiger partial charge in [0.15, 0.2) is 0 Å². The second-order valence-electron chi connectivity index (χ2n) is 5.36. The first-order valence-corrected chi connectivity index (χ1v) is 6.50. The highest BCUT2D eigenvalue weighted by molar-refractivity contribution is 5.42. The van der Waals surface area contributed by atoms with Crippen LogP contribution in [0.25, 0.3) is 0 Å². The molecule has 0 N–H and O–H groups in total. The number of rotatable bonds is 4. The Morgan fingerprint density at radius 2 is 2.17 bits per heavy atom. The number of hydrogen-bond donors (Lipinski definition) is 0. The van der Waals surface area contributed by atoms with Gasteiger partial charge in [0, 0.05) is 12.1 Å². The van der Waals surface area contributed by atoms with Gasteiger partial charge in [-0.05, 0) is 45.4 Å². The van der Waals surface area contributed by atoms with Crippen molar-refractivity contribution < 1.29 is 4.74 Å². The van der Waals surface area contributed by atoms with Gasteiger partial charge in [-0.15, -0.1) is 0 Å². The summed E-state index contributed by atoms with van der Waals surface area (Å²) < 4.78 is 5.72. The molecule has 1 aromatic carbocycles. The lowest BCUT2D eigenvalue weighted by Crippen LogP contribution is -2.40. The fraction of sp³-hybridized carbons (Fsp3) is 0.533. The molecule has 0 spiro atoms. The average molecular weight is 244 g/mol. The van der Waals surface area contributed by atoms with Crippen LogP contribution >= 0.6 is 0 Å². The molecule has 3 nitrogen and oxygen atoms in total.